The molecular formula is C14H23FN2. The van der Waals surface area contributed by atoms with Crippen LogP contribution in [0.1, 0.15) is 25.8 Å². The maximum absolute atomic E-state index is 12.8. The van der Waals surface area contributed by atoms with Gasteiger partial charge >= 0.3 is 0 Å². The van der Waals surface area contributed by atoms with Crippen LogP contribution in [0, 0.1) is 5.82 Å². The first-order valence-corrected chi connectivity index (χ1v) is 6.32. The summed E-state index contributed by atoms with van der Waals surface area (Å²) in [6.45, 7) is 7.20. The van der Waals surface area contributed by atoms with E-state index in [1.165, 1.54) is 12.1 Å². The van der Waals surface area contributed by atoms with Gasteiger partial charge in [-0.1, -0.05) is 26.0 Å². The molecule has 0 radical (unpaired) electrons. The van der Waals surface area contributed by atoms with Gasteiger partial charge in [0, 0.05) is 19.1 Å². The van der Waals surface area contributed by atoms with Crippen molar-refractivity contribution in [3.63, 3.8) is 0 Å². The summed E-state index contributed by atoms with van der Waals surface area (Å²) in [5, 5.41) is 3.46. The molecule has 96 valence electrons. The number of hydrogen-bond acceptors (Lipinski definition) is 2. The summed E-state index contributed by atoms with van der Waals surface area (Å²) in [6.07, 6.45) is 1.13. The van der Waals surface area contributed by atoms with Gasteiger partial charge in [0.1, 0.15) is 5.82 Å². The highest BCUT2D eigenvalue weighted by Gasteiger charge is 2.08. The number of nitrogens with zero attached hydrogens (tertiary/aromatic N) is 1. The van der Waals surface area contributed by atoms with Crippen LogP contribution in [0.25, 0.3) is 0 Å². The number of benzene rings is 1. The standard InChI is InChI=1S/C14H23FN2/c1-4-14(16-5-2)11-17(3)10-12-6-8-13(15)9-7-12/h6-9,14,16H,4-5,10-11H2,1-3H3. The number of rotatable bonds is 7. The molecule has 1 rings (SSSR count). The van der Waals surface area contributed by atoms with Crippen LogP contribution in [0.2, 0.25) is 0 Å². The molecule has 0 amide bonds. The zero-order valence-corrected chi connectivity index (χ0v) is 11.0. The molecule has 3 heteroatoms. The van der Waals surface area contributed by atoms with Crippen molar-refractivity contribution in [2.75, 3.05) is 20.1 Å². The second kappa shape index (κ2) is 7.41. The number of likely N-dealkylation sites (N-methyl/N-ethyl adjacent to an activating group) is 2. The van der Waals surface area contributed by atoms with Gasteiger partial charge in [0.2, 0.25) is 0 Å². The second-order valence-electron chi connectivity index (χ2n) is 4.49. The fourth-order valence-corrected chi connectivity index (χ4v) is 1.97. The summed E-state index contributed by atoms with van der Waals surface area (Å²) in [7, 11) is 2.10. The van der Waals surface area contributed by atoms with E-state index in [-0.39, 0.29) is 5.82 Å². The van der Waals surface area contributed by atoms with Crippen molar-refractivity contribution in [2.45, 2.75) is 32.9 Å². The minimum atomic E-state index is -0.171. The third-order valence-electron chi connectivity index (χ3n) is 2.88. The van der Waals surface area contributed by atoms with Crippen molar-refractivity contribution in [1.29, 1.82) is 0 Å². The van der Waals surface area contributed by atoms with Gasteiger partial charge in [0.25, 0.3) is 0 Å². The molecule has 0 heterocycles. The van der Waals surface area contributed by atoms with E-state index in [0.29, 0.717) is 6.04 Å². The summed E-state index contributed by atoms with van der Waals surface area (Å²) in [6, 6.07) is 7.26. The van der Waals surface area contributed by atoms with Gasteiger partial charge in [-0.3, -0.25) is 0 Å². The predicted octanol–water partition coefficient (Wildman–Crippen LogP) is 2.65. The van der Waals surface area contributed by atoms with Crippen LogP contribution in [0.4, 0.5) is 4.39 Å². The summed E-state index contributed by atoms with van der Waals surface area (Å²) in [5.74, 6) is -0.171. The first-order valence-electron chi connectivity index (χ1n) is 6.32. The molecule has 1 N–H and O–H groups in total. The largest absolute Gasteiger partial charge is 0.313 e. The van der Waals surface area contributed by atoms with E-state index >= 15 is 0 Å². The van der Waals surface area contributed by atoms with Gasteiger partial charge in [-0.25, -0.2) is 4.39 Å². The van der Waals surface area contributed by atoms with E-state index in [1.807, 2.05) is 12.1 Å². The molecule has 0 aliphatic carbocycles. The number of halogens is 1. The first-order chi connectivity index (χ1) is 8.15. The van der Waals surface area contributed by atoms with E-state index in [2.05, 4.69) is 31.1 Å². The zero-order chi connectivity index (χ0) is 12.7. The minimum Gasteiger partial charge on any atom is -0.313 e. The van der Waals surface area contributed by atoms with Crippen molar-refractivity contribution in [3.05, 3.63) is 35.6 Å². The van der Waals surface area contributed by atoms with Crippen molar-refractivity contribution in [2.24, 2.45) is 0 Å². The van der Waals surface area contributed by atoms with E-state index < -0.39 is 0 Å². The maximum atomic E-state index is 12.8. The summed E-state index contributed by atoms with van der Waals surface area (Å²) in [5.41, 5.74) is 1.15. The Labute approximate surface area is 104 Å². The predicted molar refractivity (Wildman–Crippen MR) is 70.5 cm³/mol. The van der Waals surface area contributed by atoms with Gasteiger partial charge in [-0.2, -0.15) is 0 Å². The minimum absolute atomic E-state index is 0.171. The van der Waals surface area contributed by atoms with Gasteiger partial charge in [0.05, 0.1) is 0 Å². The topological polar surface area (TPSA) is 15.3 Å². The number of hydrogen-bond donors (Lipinski definition) is 1. The van der Waals surface area contributed by atoms with Crippen LogP contribution >= 0.6 is 0 Å². The Hall–Kier alpha value is -0.930. The second-order valence-corrected chi connectivity index (χ2v) is 4.49. The third kappa shape index (κ3) is 5.29. The van der Waals surface area contributed by atoms with Crippen molar-refractivity contribution in [3.8, 4) is 0 Å². The van der Waals surface area contributed by atoms with Crippen LogP contribution in [0.15, 0.2) is 24.3 Å². The molecular weight excluding hydrogens is 215 g/mol. The highest BCUT2D eigenvalue weighted by molar-refractivity contribution is 5.15. The van der Waals surface area contributed by atoms with Crippen LogP contribution in [0.3, 0.4) is 0 Å². The van der Waals surface area contributed by atoms with Gasteiger partial charge < -0.3 is 10.2 Å². The SMILES string of the molecule is CCNC(CC)CN(C)Cc1ccc(F)cc1. The molecule has 0 aliphatic heterocycles. The molecule has 0 saturated heterocycles. The summed E-state index contributed by atoms with van der Waals surface area (Å²) < 4.78 is 12.8. The molecule has 0 aromatic heterocycles. The fourth-order valence-electron chi connectivity index (χ4n) is 1.97. The van der Waals surface area contributed by atoms with Crippen LogP contribution in [-0.4, -0.2) is 31.1 Å². The third-order valence-corrected chi connectivity index (χ3v) is 2.88. The van der Waals surface area contributed by atoms with E-state index in [1.54, 1.807) is 0 Å². The molecule has 17 heavy (non-hydrogen) atoms. The fraction of sp³-hybridized carbons (Fsp3) is 0.571. The Morgan fingerprint density at radius 3 is 2.41 bits per heavy atom. The highest BCUT2D eigenvalue weighted by atomic mass is 19.1. The lowest BCUT2D eigenvalue weighted by Crippen LogP contribution is -2.38. The quantitative estimate of drug-likeness (QED) is 0.785. The Balaban J connectivity index is 2.42. The molecule has 1 aromatic rings. The Bertz CT molecular complexity index is 311. The Morgan fingerprint density at radius 2 is 1.88 bits per heavy atom. The van der Waals surface area contributed by atoms with Crippen molar-refractivity contribution >= 4 is 0 Å². The van der Waals surface area contributed by atoms with Crippen molar-refractivity contribution in [1.82, 2.24) is 10.2 Å². The van der Waals surface area contributed by atoms with E-state index in [4.69, 9.17) is 0 Å². The molecule has 1 aromatic carbocycles. The van der Waals surface area contributed by atoms with Gasteiger partial charge in [-0.15, -0.1) is 0 Å². The van der Waals surface area contributed by atoms with Gasteiger partial charge in [0.15, 0.2) is 0 Å². The van der Waals surface area contributed by atoms with Gasteiger partial charge in [-0.05, 0) is 37.7 Å². The van der Waals surface area contributed by atoms with Crippen molar-refractivity contribution < 1.29 is 4.39 Å². The molecule has 1 unspecified atom stereocenters. The number of nitrogens with one attached hydrogen (secondary N) is 1. The molecule has 0 aliphatic rings. The maximum Gasteiger partial charge on any atom is 0.123 e. The smallest absolute Gasteiger partial charge is 0.123 e. The molecule has 0 bridgehead atoms. The van der Waals surface area contributed by atoms with E-state index in [0.717, 1.165) is 31.6 Å². The molecule has 0 fully saturated rings. The Morgan fingerprint density at radius 1 is 1.24 bits per heavy atom. The molecule has 0 saturated carbocycles. The summed E-state index contributed by atoms with van der Waals surface area (Å²) in [4.78, 5) is 2.27. The Kier molecular flexibility index (Phi) is 6.16. The van der Waals surface area contributed by atoms with Crippen LogP contribution < -0.4 is 5.32 Å². The average Bonchev–Trinajstić information content (AvgIpc) is 2.31. The normalized spacial score (nSPS) is 13.0. The van der Waals surface area contributed by atoms with Crippen LogP contribution in [0.5, 0.6) is 0 Å². The molecule has 2 nitrogen and oxygen atoms in total. The molecule has 0 spiro atoms. The lowest BCUT2D eigenvalue weighted by atomic mass is 10.1. The van der Waals surface area contributed by atoms with Crippen LogP contribution in [-0.2, 0) is 6.54 Å². The zero-order valence-electron chi connectivity index (χ0n) is 11.0. The molecule has 1 atom stereocenters. The highest BCUT2D eigenvalue weighted by Crippen LogP contribution is 2.06. The average molecular weight is 238 g/mol. The lowest BCUT2D eigenvalue weighted by Gasteiger charge is -2.23. The van der Waals surface area contributed by atoms with E-state index in [9.17, 15) is 4.39 Å². The monoisotopic (exact) mass is 238 g/mol. The first kappa shape index (κ1) is 14.1. The lowest BCUT2D eigenvalue weighted by molar-refractivity contribution is 0.279. The summed E-state index contributed by atoms with van der Waals surface area (Å²) >= 11 is 0.